The molecule has 1 aromatic carbocycles. The van der Waals surface area contributed by atoms with E-state index in [0.29, 0.717) is 18.4 Å². The van der Waals surface area contributed by atoms with Crippen molar-refractivity contribution >= 4 is 11.8 Å². The number of hydrogen-bond acceptors (Lipinski definition) is 3. The molecule has 3 aliphatic heterocycles. The van der Waals surface area contributed by atoms with E-state index in [9.17, 15) is 9.59 Å². The second-order valence-corrected chi connectivity index (χ2v) is 10.5. The first-order valence-electron chi connectivity index (χ1n) is 11.7. The molecule has 2 amide bonds. The minimum absolute atomic E-state index is 0.0165. The first kappa shape index (κ1) is 21.4. The van der Waals surface area contributed by atoms with Crippen LogP contribution < -0.4 is 10.6 Å². The maximum atomic E-state index is 13.6. The molecule has 5 atom stereocenters. The number of carbonyl (C=O) groups excluding carboxylic acids is 2. The van der Waals surface area contributed by atoms with Gasteiger partial charge in [0.1, 0.15) is 5.54 Å². The number of likely N-dealkylation sites (tertiary alicyclic amines) is 1. The lowest BCUT2D eigenvalue weighted by atomic mass is 9.57. The van der Waals surface area contributed by atoms with Crippen LogP contribution in [0.2, 0.25) is 0 Å². The van der Waals surface area contributed by atoms with E-state index in [0.717, 1.165) is 32.4 Å². The predicted octanol–water partition coefficient (Wildman–Crippen LogP) is 2.85. The van der Waals surface area contributed by atoms with Gasteiger partial charge in [-0.15, -0.1) is 0 Å². The van der Waals surface area contributed by atoms with E-state index < -0.39 is 5.54 Å². The molecule has 1 aliphatic carbocycles. The molecule has 5 nitrogen and oxygen atoms in total. The van der Waals surface area contributed by atoms with Gasteiger partial charge in [-0.2, -0.15) is 0 Å². The van der Waals surface area contributed by atoms with E-state index >= 15 is 0 Å². The summed E-state index contributed by atoms with van der Waals surface area (Å²) in [5.74, 6) is 1.59. The first-order valence-corrected chi connectivity index (χ1v) is 11.7. The fraction of sp³-hybridized carbons (Fsp3) is 0.680. The van der Waals surface area contributed by atoms with Crippen LogP contribution in [-0.2, 0) is 16.0 Å². The summed E-state index contributed by atoms with van der Waals surface area (Å²) in [4.78, 5) is 29.2. The average Bonchev–Trinajstić information content (AvgIpc) is 2.98. The standard InChI is InChI=1S/C25H37N3O2/c1-16(2)10-11-26-24(30)25-13-19-15-28(14-17(3)4)22(21(19)23(29)27-25)20(25)12-18-8-6-5-7-9-18/h5-9,16-17,19-22H,10-15H2,1-4H3,(H,26,30)(H,27,29)/t19-,20+,21-,22-,25+/m1/s1. The number of amides is 2. The zero-order chi connectivity index (χ0) is 21.5. The fourth-order valence-electron chi connectivity index (χ4n) is 6.19. The van der Waals surface area contributed by atoms with Gasteiger partial charge in [-0.25, -0.2) is 0 Å². The number of piperidine rings is 2. The van der Waals surface area contributed by atoms with Crippen LogP contribution in [0, 0.1) is 29.6 Å². The Morgan fingerprint density at radius 2 is 1.93 bits per heavy atom. The molecule has 164 valence electrons. The Kier molecular flexibility index (Phi) is 5.93. The van der Waals surface area contributed by atoms with E-state index in [4.69, 9.17) is 0 Å². The van der Waals surface area contributed by atoms with Crippen molar-refractivity contribution in [3.63, 3.8) is 0 Å². The lowest BCUT2D eigenvalue weighted by Crippen LogP contribution is -2.76. The number of carbonyl (C=O) groups is 2. The van der Waals surface area contributed by atoms with Crippen molar-refractivity contribution in [1.82, 2.24) is 15.5 Å². The van der Waals surface area contributed by atoms with Crippen molar-refractivity contribution in [2.24, 2.45) is 29.6 Å². The highest BCUT2D eigenvalue weighted by atomic mass is 16.2. The van der Waals surface area contributed by atoms with E-state index in [1.165, 1.54) is 5.56 Å². The van der Waals surface area contributed by atoms with E-state index in [1.807, 2.05) is 6.07 Å². The molecule has 0 aromatic heterocycles. The first-order chi connectivity index (χ1) is 14.3. The van der Waals surface area contributed by atoms with Gasteiger partial charge in [0.2, 0.25) is 11.8 Å². The van der Waals surface area contributed by atoms with Gasteiger partial charge < -0.3 is 10.6 Å². The quantitative estimate of drug-likeness (QED) is 0.692. The smallest absolute Gasteiger partial charge is 0.246 e. The lowest BCUT2D eigenvalue weighted by Gasteiger charge is -2.55. The van der Waals surface area contributed by atoms with Gasteiger partial charge in [-0.1, -0.05) is 58.0 Å². The molecule has 3 saturated heterocycles. The van der Waals surface area contributed by atoms with Gasteiger partial charge >= 0.3 is 0 Å². The zero-order valence-corrected chi connectivity index (χ0v) is 18.9. The molecule has 0 spiro atoms. The normalized spacial score (nSPS) is 32.7. The van der Waals surface area contributed by atoms with Crippen LogP contribution in [0.5, 0.6) is 0 Å². The van der Waals surface area contributed by atoms with Gasteiger partial charge in [0.05, 0.1) is 5.92 Å². The van der Waals surface area contributed by atoms with Gasteiger partial charge in [-0.05, 0) is 42.6 Å². The number of nitrogens with one attached hydrogen (secondary N) is 2. The summed E-state index contributed by atoms with van der Waals surface area (Å²) in [5, 5.41) is 6.42. The topological polar surface area (TPSA) is 61.4 Å². The summed E-state index contributed by atoms with van der Waals surface area (Å²) < 4.78 is 0. The van der Waals surface area contributed by atoms with E-state index in [-0.39, 0.29) is 35.6 Å². The molecule has 4 fully saturated rings. The van der Waals surface area contributed by atoms with E-state index in [2.05, 4.69) is 67.5 Å². The third-order valence-electron chi connectivity index (χ3n) is 7.36. The Labute approximate surface area is 181 Å². The van der Waals surface area contributed by atoms with Gasteiger partial charge in [0, 0.05) is 31.6 Å². The fourth-order valence-corrected chi connectivity index (χ4v) is 6.19. The lowest BCUT2D eigenvalue weighted by molar-refractivity contribution is -0.154. The number of benzene rings is 1. The maximum Gasteiger partial charge on any atom is 0.246 e. The SMILES string of the molecule is CC(C)CCNC(=O)[C@@]12C[C@@H]3CN(CC(C)C)[C@@H]([C@@H]3C(=O)N1)[C@@H]2Cc1ccccc1. The Hall–Kier alpha value is -1.88. The molecule has 5 rings (SSSR count). The second-order valence-electron chi connectivity index (χ2n) is 10.5. The van der Waals surface area contributed by atoms with Crippen molar-refractivity contribution in [1.29, 1.82) is 0 Å². The molecule has 2 N–H and O–H groups in total. The molecular formula is C25H37N3O2. The minimum Gasteiger partial charge on any atom is -0.354 e. The van der Waals surface area contributed by atoms with Crippen molar-refractivity contribution in [3.8, 4) is 0 Å². The Morgan fingerprint density at radius 1 is 1.20 bits per heavy atom. The summed E-state index contributed by atoms with van der Waals surface area (Å²) in [5.41, 5.74) is 0.450. The van der Waals surface area contributed by atoms with Crippen LogP contribution in [0.1, 0.15) is 46.1 Å². The summed E-state index contributed by atoms with van der Waals surface area (Å²) in [6, 6.07) is 10.6. The predicted molar refractivity (Wildman–Crippen MR) is 119 cm³/mol. The third kappa shape index (κ3) is 3.77. The Balaban J connectivity index is 1.67. The third-order valence-corrected chi connectivity index (χ3v) is 7.36. The highest BCUT2D eigenvalue weighted by Crippen LogP contribution is 2.53. The monoisotopic (exact) mass is 411 g/mol. The number of fused-ring (bicyclic) bond motifs is 1. The van der Waals surface area contributed by atoms with Crippen LogP contribution in [-0.4, -0.2) is 47.9 Å². The highest BCUT2D eigenvalue weighted by Gasteiger charge is 2.67. The van der Waals surface area contributed by atoms with E-state index in [1.54, 1.807) is 0 Å². The zero-order valence-electron chi connectivity index (χ0n) is 18.9. The maximum absolute atomic E-state index is 13.6. The summed E-state index contributed by atoms with van der Waals surface area (Å²) in [6.45, 7) is 11.4. The van der Waals surface area contributed by atoms with Gasteiger partial charge in [-0.3, -0.25) is 14.5 Å². The molecule has 4 aliphatic rings. The number of nitrogens with zero attached hydrogens (tertiary/aromatic N) is 1. The van der Waals surface area contributed by atoms with Crippen LogP contribution in [0.4, 0.5) is 0 Å². The Morgan fingerprint density at radius 3 is 2.60 bits per heavy atom. The Bertz CT molecular complexity index is 778. The highest BCUT2D eigenvalue weighted by molar-refractivity contribution is 5.96. The van der Waals surface area contributed by atoms with Crippen LogP contribution >= 0.6 is 0 Å². The number of rotatable bonds is 8. The van der Waals surface area contributed by atoms with Crippen LogP contribution in [0.3, 0.4) is 0 Å². The molecule has 1 saturated carbocycles. The largest absolute Gasteiger partial charge is 0.354 e. The second kappa shape index (κ2) is 8.33. The van der Waals surface area contributed by atoms with Crippen LogP contribution in [0.25, 0.3) is 0 Å². The van der Waals surface area contributed by atoms with Crippen molar-refractivity contribution in [3.05, 3.63) is 35.9 Å². The van der Waals surface area contributed by atoms with Crippen LogP contribution in [0.15, 0.2) is 30.3 Å². The summed E-state index contributed by atoms with van der Waals surface area (Å²) in [6.07, 6.45) is 2.54. The minimum atomic E-state index is -0.792. The van der Waals surface area contributed by atoms with Crippen molar-refractivity contribution < 1.29 is 9.59 Å². The van der Waals surface area contributed by atoms with Gasteiger partial charge in [0.15, 0.2) is 0 Å². The summed E-state index contributed by atoms with van der Waals surface area (Å²) >= 11 is 0. The summed E-state index contributed by atoms with van der Waals surface area (Å²) in [7, 11) is 0. The molecular weight excluding hydrogens is 374 g/mol. The van der Waals surface area contributed by atoms with Gasteiger partial charge in [0.25, 0.3) is 0 Å². The molecule has 0 radical (unpaired) electrons. The molecule has 4 bridgehead atoms. The molecule has 30 heavy (non-hydrogen) atoms. The van der Waals surface area contributed by atoms with Crippen molar-refractivity contribution in [2.75, 3.05) is 19.6 Å². The molecule has 3 heterocycles. The molecule has 5 heteroatoms. The molecule has 1 aromatic rings. The van der Waals surface area contributed by atoms with Crippen molar-refractivity contribution in [2.45, 2.75) is 58.5 Å². The average molecular weight is 412 g/mol. The molecule has 0 unspecified atom stereocenters. The number of hydrogen-bond donors (Lipinski definition) is 2.